The Morgan fingerprint density at radius 3 is 2.27 bits per heavy atom. The number of nitrogens with zero attached hydrogens (tertiary/aromatic N) is 1. The van der Waals surface area contributed by atoms with Crippen LogP contribution in [0.1, 0.15) is 26.3 Å². The minimum Gasteiger partial charge on any atom is -1.00 e. The van der Waals surface area contributed by atoms with Crippen LogP contribution in [0.4, 0.5) is 5.69 Å². The van der Waals surface area contributed by atoms with E-state index in [1.807, 2.05) is 61.5 Å². The topological polar surface area (TPSA) is 50.0 Å². The van der Waals surface area contributed by atoms with Crippen LogP contribution in [0.2, 0.25) is 0 Å². The van der Waals surface area contributed by atoms with Gasteiger partial charge < -0.3 is 22.3 Å². The van der Waals surface area contributed by atoms with E-state index in [1.165, 1.54) is 0 Å². The summed E-state index contributed by atoms with van der Waals surface area (Å²) < 4.78 is 1.72. The van der Waals surface area contributed by atoms with Crippen LogP contribution in [0.5, 0.6) is 0 Å². The van der Waals surface area contributed by atoms with E-state index in [4.69, 9.17) is 0 Å². The van der Waals surface area contributed by atoms with Crippen LogP contribution in [0.25, 0.3) is 0 Å². The number of rotatable bonds is 5. The second-order valence-electron chi connectivity index (χ2n) is 5.87. The van der Waals surface area contributed by atoms with Gasteiger partial charge in [-0.15, -0.1) is 0 Å². The lowest BCUT2D eigenvalue weighted by Gasteiger charge is -2.04. The summed E-state index contributed by atoms with van der Waals surface area (Å²) in [6.45, 7) is 2.17. The smallest absolute Gasteiger partial charge is 0.261 e. The highest BCUT2D eigenvalue weighted by Gasteiger charge is 2.15. The van der Waals surface area contributed by atoms with Crippen molar-refractivity contribution in [2.75, 3.05) is 5.32 Å². The van der Waals surface area contributed by atoms with Gasteiger partial charge in [0.05, 0.1) is 0 Å². The first-order valence-electron chi connectivity index (χ1n) is 8.07. The number of aryl methyl sites for hydroxylation is 1. The minimum atomic E-state index is -0.205. The van der Waals surface area contributed by atoms with Crippen molar-refractivity contribution in [2.24, 2.45) is 0 Å². The highest BCUT2D eigenvalue weighted by molar-refractivity contribution is 6.03. The van der Waals surface area contributed by atoms with Crippen molar-refractivity contribution in [1.82, 2.24) is 0 Å². The van der Waals surface area contributed by atoms with E-state index in [9.17, 15) is 9.59 Å². The zero-order chi connectivity index (χ0) is 17.6. The number of anilines is 1. The average Bonchev–Trinajstić information content (AvgIpc) is 2.63. The predicted molar refractivity (Wildman–Crippen MR) is 96.5 cm³/mol. The van der Waals surface area contributed by atoms with Gasteiger partial charge in [-0.1, -0.05) is 48.0 Å². The summed E-state index contributed by atoms with van der Waals surface area (Å²) in [6.07, 6.45) is 3.47. The van der Waals surface area contributed by atoms with Gasteiger partial charge in [0.1, 0.15) is 5.56 Å². The van der Waals surface area contributed by atoms with E-state index < -0.39 is 0 Å². The third-order valence-corrected chi connectivity index (χ3v) is 3.85. The molecule has 0 fully saturated rings. The molecular weight excluding hydrogens is 392 g/mol. The fraction of sp³-hybridized carbons (Fsp3) is 0.0952. The molecule has 0 atom stereocenters. The number of amides is 1. The van der Waals surface area contributed by atoms with Crippen LogP contribution in [-0.4, -0.2) is 11.7 Å². The van der Waals surface area contributed by atoms with Crippen LogP contribution in [-0.2, 0) is 6.54 Å². The molecule has 0 saturated heterocycles. The van der Waals surface area contributed by atoms with Crippen LogP contribution >= 0.6 is 0 Å². The van der Waals surface area contributed by atoms with E-state index in [0.29, 0.717) is 11.1 Å². The molecular formula is C21H19BrN2O2. The van der Waals surface area contributed by atoms with Gasteiger partial charge in [0.25, 0.3) is 5.91 Å². The molecule has 2 aromatic carbocycles. The number of carbonyl (C=O) groups is 2. The number of hydrogen-bond donors (Lipinski definition) is 1. The number of carbonyl (C=O) groups excluding carboxylic acids is 2. The number of hydrogen-bond acceptors (Lipinski definition) is 2. The molecule has 0 unspecified atom stereocenters. The summed E-state index contributed by atoms with van der Waals surface area (Å²) >= 11 is 0. The van der Waals surface area contributed by atoms with Crippen LogP contribution in [0.3, 0.4) is 0 Å². The normalized spacial score (nSPS) is 9.88. The van der Waals surface area contributed by atoms with Crippen molar-refractivity contribution < 1.29 is 31.1 Å². The molecule has 132 valence electrons. The first-order chi connectivity index (χ1) is 12.1. The fourth-order valence-electron chi connectivity index (χ4n) is 2.48. The van der Waals surface area contributed by atoms with Crippen molar-refractivity contribution in [2.45, 2.75) is 13.5 Å². The maximum atomic E-state index is 12.4. The second kappa shape index (κ2) is 9.06. The van der Waals surface area contributed by atoms with Gasteiger partial charge in [-0.05, 0) is 25.1 Å². The Morgan fingerprint density at radius 1 is 0.885 bits per heavy atom. The Kier molecular flexibility index (Phi) is 6.81. The molecule has 3 rings (SSSR count). The molecule has 0 spiro atoms. The van der Waals surface area contributed by atoms with E-state index in [1.54, 1.807) is 29.1 Å². The number of aromatic nitrogens is 1. The molecule has 3 aromatic rings. The summed E-state index contributed by atoms with van der Waals surface area (Å²) in [5.41, 5.74) is 3.02. The Labute approximate surface area is 163 Å². The zero-order valence-electron chi connectivity index (χ0n) is 14.4. The van der Waals surface area contributed by atoms with E-state index in [-0.39, 0.29) is 35.2 Å². The molecule has 1 amide bonds. The molecule has 26 heavy (non-hydrogen) atoms. The average molecular weight is 411 g/mol. The molecule has 0 aliphatic heterocycles. The highest BCUT2D eigenvalue weighted by atomic mass is 79.9. The third kappa shape index (κ3) is 5.10. The maximum Gasteiger partial charge on any atom is 0.261 e. The number of nitrogens with one attached hydrogen (secondary N) is 1. The number of pyridine rings is 1. The lowest BCUT2D eigenvalue weighted by Crippen LogP contribution is -3.00. The monoisotopic (exact) mass is 410 g/mol. The molecule has 5 heteroatoms. The van der Waals surface area contributed by atoms with Gasteiger partial charge in [0.15, 0.2) is 12.4 Å². The van der Waals surface area contributed by atoms with E-state index in [0.717, 1.165) is 11.3 Å². The van der Waals surface area contributed by atoms with Crippen LogP contribution in [0, 0.1) is 6.92 Å². The zero-order valence-corrected chi connectivity index (χ0v) is 15.9. The predicted octanol–water partition coefficient (Wildman–Crippen LogP) is 0.422. The minimum absolute atomic E-state index is 0. The van der Waals surface area contributed by atoms with Gasteiger partial charge >= 0.3 is 0 Å². The first-order valence-corrected chi connectivity index (χ1v) is 8.07. The quantitative estimate of drug-likeness (QED) is 0.489. The number of para-hydroxylation sites is 1. The summed E-state index contributed by atoms with van der Waals surface area (Å²) in [6, 6.07) is 20.3. The van der Waals surface area contributed by atoms with Crippen molar-refractivity contribution in [1.29, 1.82) is 0 Å². The Morgan fingerprint density at radius 2 is 1.58 bits per heavy atom. The molecule has 4 nitrogen and oxygen atoms in total. The summed E-state index contributed by atoms with van der Waals surface area (Å²) in [7, 11) is 0. The first kappa shape index (κ1) is 19.5. The number of halogens is 1. The summed E-state index contributed by atoms with van der Waals surface area (Å²) in [5, 5.41) is 2.84. The van der Waals surface area contributed by atoms with Crippen LogP contribution < -0.4 is 26.9 Å². The van der Waals surface area contributed by atoms with E-state index >= 15 is 0 Å². The molecule has 0 aliphatic rings. The van der Waals surface area contributed by atoms with Crippen LogP contribution in [0.15, 0.2) is 79.1 Å². The standard InChI is InChI=1S/C21H18N2O2.BrH/c1-16-9-11-17(12-10-16)20(24)15-23-13-5-6-18(14-23)21(25)22-19-7-3-2-4-8-19;/h2-14H,15H2,1H3;1H. The maximum absolute atomic E-state index is 12.4. The lowest BCUT2D eigenvalue weighted by molar-refractivity contribution is -0.683. The summed E-state index contributed by atoms with van der Waals surface area (Å²) in [4.78, 5) is 24.7. The van der Waals surface area contributed by atoms with Crippen molar-refractivity contribution in [3.63, 3.8) is 0 Å². The number of benzene rings is 2. The molecule has 1 aromatic heterocycles. The van der Waals surface area contributed by atoms with Gasteiger partial charge in [-0.3, -0.25) is 9.59 Å². The second-order valence-corrected chi connectivity index (χ2v) is 5.87. The van der Waals surface area contributed by atoms with Gasteiger partial charge in [-0.2, -0.15) is 4.57 Å². The third-order valence-electron chi connectivity index (χ3n) is 3.85. The SMILES string of the molecule is Cc1ccc(C(=O)C[n+]2cccc(C(=O)Nc3ccccc3)c2)cc1.[Br-]. The van der Waals surface area contributed by atoms with Gasteiger partial charge in [-0.25, -0.2) is 0 Å². The van der Waals surface area contributed by atoms with Crippen molar-refractivity contribution in [3.8, 4) is 0 Å². The fourth-order valence-corrected chi connectivity index (χ4v) is 2.48. The molecule has 0 aliphatic carbocycles. The Balaban J connectivity index is 0.00000243. The molecule has 1 N–H and O–H groups in total. The Bertz CT molecular complexity index is 893. The highest BCUT2D eigenvalue weighted by Crippen LogP contribution is 2.08. The summed E-state index contributed by atoms with van der Waals surface area (Å²) in [5.74, 6) is -0.200. The van der Waals surface area contributed by atoms with Gasteiger partial charge in [0.2, 0.25) is 12.3 Å². The lowest BCUT2D eigenvalue weighted by atomic mass is 10.1. The molecule has 1 heterocycles. The van der Waals surface area contributed by atoms with Crippen molar-refractivity contribution in [3.05, 3.63) is 95.8 Å². The molecule has 0 saturated carbocycles. The number of ketones is 1. The van der Waals surface area contributed by atoms with Crippen molar-refractivity contribution >= 4 is 17.4 Å². The number of Topliss-reactive ketones (excluding diaryl/α,β-unsaturated/α-hetero) is 1. The molecule has 0 radical (unpaired) electrons. The largest absolute Gasteiger partial charge is 1.00 e. The van der Waals surface area contributed by atoms with E-state index in [2.05, 4.69) is 5.32 Å². The molecule has 0 bridgehead atoms. The van der Waals surface area contributed by atoms with Gasteiger partial charge in [0, 0.05) is 17.3 Å². The Hall–Kier alpha value is -2.79.